The highest BCUT2D eigenvalue weighted by Crippen LogP contribution is 2.59. The van der Waals surface area contributed by atoms with E-state index in [2.05, 4.69) is 157 Å². The number of aryl methyl sites for hydroxylation is 2. The van der Waals surface area contributed by atoms with Gasteiger partial charge in [0.25, 0.3) is 0 Å². The smallest absolute Gasteiger partial charge is 0.0622 e. The minimum Gasteiger partial charge on any atom is -0.0622 e. The summed E-state index contributed by atoms with van der Waals surface area (Å²) in [5, 5.41) is 2.60. The molecule has 0 atom stereocenters. The minimum atomic E-state index is -0.437. The molecule has 0 unspecified atom stereocenters. The summed E-state index contributed by atoms with van der Waals surface area (Å²) >= 11 is 3.82. The maximum atomic E-state index is 3.82. The van der Waals surface area contributed by atoms with Crippen LogP contribution in [0.15, 0.2) is 132 Å². The molecule has 0 spiro atoms. The van der Waals surface area contributed by atoms with Gasteiger partial charge in [0, 0.05) is 4.47 Å². The molecule has 182 valence electrons. The number of benzene rings is 6. The van der Waals surface area contributed by atoms with Crippen LogP contribution < -0.4 is 0 Å². The van der Waals surface area contributed by atoms with Crippen molar-refractivity contribution in [3.8, 4) is 22.3 Å². The van der Waals surface area contributed by atoms with Crippen molar-refractivity contribution in [2.45, 2.75) is 19.3 Å². The van der Waals surface area contributed by atoms with Gasteiger partial charge >= 0.3 is 0 Å². The van der Waals surface area contributed by atoms with Crippen molar-refractivity contribution in [2.24, 2.45) is 0 Å². The molecule has 1 aliphatic rings. The van der Waals surface area contributed by atoms with Crippen molar-refractivity contribution in [3.05, 3.63) is 165 Å². The number of halogens is 1. The Kier molecular flexibility index (Phi) is 5.39. The Morgan fingerprint density at radius 2 is 1.13 bits per heavy atom. The van der Waals surface area contributed by atoms with Gasteiger partial charge in [-0.05, 0) is 92.9 Å². The molecule has 0 amide bonds. The Balaban J connectivity index is 1.72. The highest BCUT2D eigenvalue weighted by molar-refractivity contribution is 9.10. The topological polar surface area (TPSA) is 0 Å². The van der Waals surface area contributed by atoms with E-state index in [1.54, 1.807) is 0 Å². The molecule has 0 saturated carbocycles. The van der Waals surface area contributed by atoms with Gasteiger partial charge in [-0.25, -0.2) is 0 Å². The summed E-state index contributed by atoms with van der Waals surface area (Å²) in [6.45, 7) is 4.41. The van der Waals surface area contributed by atoms with E-state index in [1.807, 2.05) is 0 Å². The van der Waals surface area contributed by atoms with Crippen molar-refractivity contribution in [1.82, 2.24) is 0 Å². The molecule has 6 aromatic rings. The third-order valence-corrected chi connectivity index (χ3v) is 8.69. The molecule has 1 aliphatic carbocycles. The third-order valence-electron chi connectivity index (χ3n) is 8.20. The van der Waals surface area contributed by atoms with E-state index in [9.17, 15) is 0 Å². The molecule has 6 aromatic carbocycles. The Morgan fingerprint density at radius 1 is 0.500 bits per heavy atom. The SMILES string of the molecule is Cc1ccc(C)c(-c2cc3c(c4ccccc24)-c2ccc(Br)cc2C3(c2ccccc2)c2ccccc2)c1. The second-order valence-electron chi connectivity index (χ2n) is 10.4. The zero-order valence-electron chi connectivity index (χ0n) is 21.5. The molecule has 0 fully saturated rings. The molecule has 0 saturated heterocycles. The van der Waals surface area contributed by atoms with Crippen molar-refractivity contribution < 1.29 is 0 Å². The van der Waals surface area contributed by atoms with Crippen molar-refractivity contribution >= 4 is 26.7 Å². The predicted molar refractivity (Wildman–Crippen MR) is 164 cm³/mol. The molecule has 0 bridgehead atoms. The van der Waals surface area contributed by atoms with Gasteiger partial charge in [-0.2, -0.15) is 0 Å². The molecule has 1 heteroatoms. The van der Waals surface area contributed by atoms with Gasteiger partial charge in [-0.1, -0.05) is 131 Å². The van der Waals surface area contributed by atoms with E-state index in [0.717, 1.165) is 4.47 Å². The second-order valence-corrected chi connectivity index (χ2v) is 11.3. The Hall–Kier alpha value is -3.94. The van der Waals surface area contributed by atoms with Crippen LogP contribution in [0.4, 0.5) is 0 Å². The summed E-state index contributed by atoms with van der Waals surface area (Å²) in [6.07, 6.45) is 0. The molecule has 0 N–H and O–H groups in total. The van der Waals surface area contributed by atoms with E-state index in [4.69, 9.17) is 0 Å². The van der Waals surface area contributed by atoms with Gasteiger partial charge in [0.15, 0.2) is 0 Å². The number of rotatable bonds is 3. The molecule has 7 rings (SSSR count). The maximum Gasteiger partial charge on any atom is 0.0714 e. The quantitative estimate of drug-likeness (QED) is 0.205. The number of hydrogen-bond donors (Lipinski definition) is 0. The van der Waals surface area contributed by atoms with Crippen LogP contribution in [0.1, 0.15) is 33.4 Å². The molecular weight excluding hydrogens is 524 g/mol. The molecular formula is C37H27Br. The maximum absolute atomic E-state index is 3.82. The van der Waals surface area contributed by atoms with Gasteiger partial charge in [0.1, 0.15) is 0 Å². The first-order valence-corrected chi connectivity index (χ1v) is 13.9. The molecule has 0 heterocycles. The average Bonchev–Trinajstić information content (AvgIpc) is 3.25. The summed E-state index contributed by atoms with van der Waals surface area (Å²) in [4.78, 5) is 0. The first kappa shape index (κ1) is 23.2. The summed E-state index contributed by atoms with van der Waals surface area (Å²) in [6, 6.07) is 47.1. The Labute approximate surface area is 232 Å². The Bertz CT molecular complexity index is 1790. The van der Waals surface area contributed by atoms with E-state index in [-0.39, 0.29) is 0 Å². The normalized spacial score (nSPS) is 13.3. The standard InChI is InChI=1S/C37H27Br/c1-24-17-18-25(2)32(21-24)33-23-35-36(30-16-10-9-15-29(30)33)31-20-19-28(38)22-34(31)37(35,26-11-5-3-6-12-26)27-13-7-4-8-14-27/h3-23H,1-2H3. The van der Waals surface area contributed by atoms with E-state index in [0.29, 0.717) is 0 Å². The van der Waals surface area contributed by atoms with Crippen LogP contribution >= 0.6 is 15.9 Å². The summed E-state index contributed by atoms with van der Waals surface area (Å²) < 4.78 is 1.10. The lowest BCUT2D eigenvalue weighted by Crippen LogP contribution is -2.28. The number of hydrogen-bond acceptors (Lipinski definition) is 0. The first-order valence-electron chi connectivity index (χ1n) is 13.1. The van der Waals surface area contributed by atoms with Crippen LogP contribution in [-0.4, -0.2) is 0 Å². The predicted octanol–water partition coefficient (Wildman–Crippen LogP) is 10.2. The van der Waals surface area contributed by atoms with Crippen molar-refractivity contribution in [1.29, 1.82) is 0 Å². The van der Waals surface area contributed by atoms with Crippen LogP contribution in [0.3, 0.4) is 0 Å². The molecule has 0 aromatic heterocycles. The lowest BCUT2D eigenvalue weighted by molar-refractivity contribution is 0.768. The fraction of sp³-hybridized carbons (Fsp3) is 0.0811. The average molecular weight is 552 g/mol. The second kappa shape index (κ2) is 8.82. The Morgan fingerprint density at radius 3 is 1.82 bits per heavy atom. The highest BCUT2D eigenvalue weighted by Gasteiger charge is 2.47. The first-order chi connectivity index (χ1) is 18.6. The van der Waals surface area contributed by atoms with Crippen LogP contribution in [-0.2, 0) is 5.41 Å². The fourth-order valence-corrected chi connectivity index (χ4v) is 6.93. The zero-order chi connectivity index (χ0) is 25.9. The summed E-state index contributed by atoms with van der Waals surface area (Å²) in [5.74, 6) is 0. The van der Waals surface area contributed by atoms with Gasteiger partial charge in [-0.15, -0.1) is 0 Å². The largest absolute Gasteiger partial charge is 0.0714 e. The van der Waals surface area contributed by atoms with E-state index >= 15 is 0 Å². The molecule has 0 radical (unpaired) electrons. The van der Waals surface area contributed by atoms with Gasteiger partial charge in [0.05, 0.1) is 5.41 Å². The van der Waals surface area contributed by atoms with Crippen molar-refractivity contribution in [3.63, 3.8) is 0 Å². The zero-order valence-corrected chi connectivity index (χ0v) is 23.1. The van der Waals surface area contributed by atoms with Gasteiger partial charge in [-0.3, -0.25) is 0 Å². The summed E-state index contributed by atoms with van der Waals surface area (Å²) in [5.41, 5.74) is 12.6. The molecule has 38 heavy (non-hydrogen) atoms. The molecule has 0 nitrogen and oxygen atoms in total. The van der Waals surface area contributed by atoms with Crippen LogP contribution in [0.5, 0.6) is 0 Å². The van der Waals surface area contributed by atoms with E-state index < -0.39 is 5.41 Å². The minimum absolute atomic E-state index is 0.437. The highest BCUT2D eigenvalue weighted by atomic mass is 79.9. The van der Waals surface area contributed by atoms with E-state index in [1.165, 1.54) is 66.4 Å². The van der Waals surface area contributed by atoms with Crippen molar-refractivity contribution in [2.75, 3.05) is 0 Å². The lowest BCUT2D eigenvalue weighted by atomic mass is 9.67. The van der Waals surface area contributed by atoms with Crippen LogP contribution in [0.2, 0.25) is 0 Å². The van der Waals surface area contributed by atoms with Crippen LogP contribution in [0.25, 0.3) is 33.0 Å². The monoisotopic (exact) mass is 550 g/mol. The number of fused-ring (bicyclic) bond motifs is 5. The lowest BCUT2D eigenvalue weighted by Gasteiger charge is -2.34. The van der Waals surface area contributed by atoms with Gasteiger partial charge in [0.2, 0.25) is 0 Å². The summed E-state index contributed by atoms with van der Waals surface area (Å²) in [7, 11) is 0. The van der Waals surface area contributed by atoms with Crippen LogP contribution in [0, 0.1) is 13.8 Å². The fourth-order valence-electron chi connectivity index (χ4n) is 6.56. The third kappa shape index (κ3) is 3.28. The van der Waals surface area contributed by atoms with Gasteiger partial charge < -0.3 is 0 Å². The molecule has 0 aliphatic heterocycles.